The molecule has 0 spiro atoms. The van der Waals surface area contributed by atoms with Gasteiger partial charge in [-0.3, -0.25) is 4.79 Å². The third-order valence-electron chi connectivity index (χ3n) is 2.85. The molecule has 0 amide bonds. The number of benzene rings is 2. The van der Waals surface area contributed by atoms with Crippen LogP contribution in [0.4, 0.5) is 0 Å². The van der Waals surface area contributed by atoms with Crippen LogP contribution in [0.3, 0.4) is 0 Å². The van der Waals surface area contributed by atoms with Gasteiger partial charge in [0.15, 0.2) is 0 Å². The zero-order valence-electron chi connectivity index (χ0n) is 10.4. The number of carbonyl (C=O) groups excluding carboxylic acids is 1. The lowest BCUT2D eigenvalue weighted by Crippen LogP contribution is -1.95. The Bertz CT molecular complexity index is 498. The lowest BCUT2D eigenvalue weighted by atomic mass is 10.1. The van der Waals surface area contributed by atoms with Gasteiger partial charge >= 0.3 is 0 Å². The summed E-state index contributed by atoms with van der Waals surface area (Å²) in [5, 5.41) is 0. The van der Waals surface area contributed by atoms with Gasteiger partial charge in [-0.05, 0) is 41.8 Å². The fourth-order valence-corrected chi connectivity index (χ4v) is 1.68. The molecule has 2 aromatic rings. The van der Waals surface area contributed by atoms with Crippen LogP contribution in [0.1, 0.15) is 28.4 Å². The van der Waals surface area contributed by atoms with Gasteiger partial charge in [0.25, 0.3) is 0 Å². The molecule has 2 aromatic carbocycles. The van der Waals surface area contributed by atoms with Crippen LogP contribution in [-0.4, -0.2) is 6.29 Å². The Morgan fingerprint density at radius 1 is 0.944 bits per heavy atom. The normalized spacial score (nSPS) is 10.1. The first-order valence-corrected chi connectivity index (χ1v) is 6.07. The summed E-state index contributed by atoms with van der Waals surface area (Å²) < 4.78 is 5.65. The second-order valence-corrected chi connectivity index (χ2v) is 4.15. The van der Waals surface area contributed by atoms with Gasteiger partial charge in [0.1, 0.15) is 18.6 Å². The summed E-state index contributed by atoms with van der Waals surface area (Å²) in [6, 6.07) is 15.5. The molecular weight excluding hydrogens is 224 g/mol. The van der Waals surface area contributed by atoms with Gasteiger partial charge in [-0.2, -0.15) is 0 Å². The van der Waals surface area contributed by atoms with E-state index in [1.54, 1.807) is 12.1 Å². The van der Waals surface area contributed by atoms with E-state index >= 15 is 0 Å². The maximum Gasteiger partial charge on any atom is 0.150 e. The topological polar surface area (TPSA) is 26.3 Å². The van der Waals surface area contributed by atoms with Crippen molar-refractivity contribution in [2.24, 2.45) is 0 Å². The number of hydrogen-bond donors (Lipinski definition) is 0. The van der Waals surface area contributed by atoms with Crippen LogP contribution in [-0.2, 0) is 13.0 Å². The van der Waals surface area contributed by atoms with Crippen LogP contribution < -0.4 is 4.74 Å². The summed E-state index contributed by atoms with van der Waals surface area (Å²) in [4.78, 5) is 10.5. The summed E-state index contributed by atoms with van der Waals surface area (Å²) in [7, 11) is 0. The van der Waals surface area contributed by atoms with Gasteiger partial charge < -0.3 is 4.74 Å². The van der Waals surface area contributed by atoms with Gasteiger partial charge in [0.2, 0.25) is 0 Å². The van der Waals surface area contributed by atoms with E-state index in [1.807, 2.05) is 12.1 Å². The van der Waals surface area contributed by atoms with Crippen LogP contribution in [0.15, 0.2) is 48.5 Å². The Balaban J connectivity index is 1.95. The van der Waals surface area contributed by atoms with Gasteiger partial charge in [-0.1, -0.05) is 31.2 Å². The highest BCUT2D eigenvalue weighted by atomic mass is 16.5. The van der Waals surface area contributed by atoms with Crippen molar-refractivity contribution in [2.45, 2.75) is 20.0 Å². The van der Waals surface area contributed by atoms with Crippen LogP contribution >= 0.6 is 0 Å². The van der Waals surface area contributed by atoms with Crippen LogP contribution in [0.2, 0.25) is 0 Å². The third-order valence-corrected chi connectivity index (χ3v) is 2.85. The monoisotopic (exact) mass is 240 g/mol. The highest BCUT2D eigenvalue weighted by Gasteiger charge is 1.97. The number of hydrogen-bond acceptors (Lipinski definition) is 2. The molecule has 2 heteroatoms. The molecule has 0 aliphatic rings. The van der Waals surface area contributed by atoms with E-state index in [-0.39, 0.29) is 0 Å². The van der Waals surface area contributed by atoms with Crippen LogP contribution in [0.25, 0.3) is 0 Å². The molecule has 0 unspecified atom stereocenters. The molecule has 0 saturated heterocycles. The smallest absolute Gasteiger partial charge is 0.150 e. The Morgan fingerprint density at radius 3 is 2.11 bits per heavy atom. The predicted molar refractivity (Wildman–Crippen MR) is 72.0 cm³/mol. The summed E-state index contributed by atoms with van der Waals surface area (Å²) in [6.07, 6.45) is 1.88. The van der Waals surface area contributed by atoms with E-state index in [4.69, 9.17) is 4.74 Å². The van der Waals surface area contributed by atoms with Crippen LogP contribution in [0.5, 0.6) is 5.75 Å². The molecule has 0 heterocycles. The molecule has 0 aliphatic carbocycles. The molecule has 0 saturated carbocycles. The maximum atomic E-state index is 10.5. The molecule has 0 atom stereocenters. The first-order valence-electron chi connectivity index (χ1n) is 6.07. The molecule has 0 radical (unpaired) electrons. The van der Waals surface area contributed by atoms with Gasteiger partial charge in [-0.15, -0.1) is 0 Å². The first-order chi connectivity index (χ1) is 8.81. The molecular formula is C16H16O2. The lowest BCUT2D eigenvalue weighted by Gasteiger charge is -2.07. The zero-order valence-corrected chi connectivity index (χ0v) is 10.4. The van der Waals surface area contributed by atoms with Crippen molar-refractivity contribution in [3.8, 4) is 5.75 Å². The fourth-order valence-electron chi connectivity index (χ4n) is 1.68. The fraction of sp³-hybridized carbons (Fsp3) is 0.188. The number of aldehydes is 1. The van der Waals surface area contributed by atoms with E-state index in [0.717, 1.165) is 24.0 Å². The molecule has 92 valence electrons. The standard InChI is InChI=1S/C16H16O2/c1-2-13-3-5-15(6-4-13)12-18-16-9-7-14(11-17)8-10-16/h3-11H,2,12H2,1H3. The quantitative estimate of drug-likeness (QED) is 0.746. The second kappa shape index (κ2) is 6.01. The molecule has 0 fully saturated rings. The Morgan fingerprint density at radius 2 is 1.56 bits per heavy atom. The van der Waals surface area contributed by atoms with Crippen molar-refractivity contribution >= 4 is 6.29 Å². The number of carbonyl (C=O) groups is 1. The van der Waals surface area contributed by atoms with Crippen molar-refractivity contribution in [3.05, 3.63) is 65.2 Å². The first kappa shape index (κ1) is 12.4. The van der Waals surface area contributed by atoms with Crippen molar-refractivity contribution in [1.29, 1.82) is 0 Å². The molecule has 0 bridgehead atoms. The number of aryl methyl sites for hydroxylation is 1. The molecule has 2 nitrogen and oxygen atoms in total. The average Bonchev–Trinajstić information content (AvgIpc) is 2.46. The third kappa shape index (κ3) is 3.20. The Hall–Kier alpha value is -2.09. The average molecular weight is 240 g/mol. The van der Waals surface area contributed by atoms with E-state index in [1.165, 1.54) is 5.56 Å². The van der Waals surface area contributed by atoms with E-state index in [2.05, 4.69) is 31.2 Å². The molecule has 0 aliphatic heterocycles. The van der Waals surface area contributed by atoms with Crippen molar-refractivity contribution in [1.82, 2.24) is 0 Å². The van der Waals surface area contributed by atoms with Gasteiger partial charge in [-0.25, -0.2) is 0 Å². The molecule has 18 heavy (non-hydrogen) atoms. The molecule has 0 aromatic heterocycles. The lowest BCUT2D eigenvalue weighted by molar-refractivity contribution is 0.112. The minimum Gasteiger partial charge on any atom is -0.489 e. The molecule has 2 rings (SSSR count). The Kier molecular flexibility index (Phi) is 4.13. The highest BCUT2D eigenvalue weighted by Crippen LogP contribution is 2.14. The summed E-state index contributed by atoms with van der Waals surface area (Å²) in [6.45, 7) is 2.69. The molecule has 0 N–H and O–H groups in total. The van der Waals surface area contributed by atoms with Crippen molar-refractivity contribution in [2.75, 3.05) is 0 Å². The van der Waals surface area contributed by atoms with E-state index in [9.17, 15) is 4.79 Å². The second-order valence-electron chi connectivity index (χ2n) is 4.15. The van der Waals surface area contributed by atoms with Crippen LogP contribution in [0, 0.1) is 0 Å². The summed E-state index contributed by atoms with van der Waals surface area (Å²) >= 11 is 0. The zero-order chi connectivity index (χ0) is 12.8. The van der Waals surface area contributed by atoms with Gasteiger partial charge in [0.05, 0.1) is 0 Å². The van der Waals surface area contributed by atoms with Crippen molar-refractivity contribution in [3.63, 3.8) is 0 Å². The van der Waals surface area contributed by atoms with E-state index in [0.29, 0.717) is 12.2 Å². The summed E-state index contributed by atoms with van der Waals surface area (Å²) in [5.41, 5.74) is 3.13. The number of ether oxygens (including phenoxy) is 1. The number of rotatable bonds is 5. The predicted octanol–water partition coefficient (Wildman–Crippen LogP) is 3.64. The minimum absolute atomic E-state index is 0.546. The summed E-state index contributed by atoms with van der Waals surface area (Å²) in [5.74, 6) is 0.778. The van der Waals surface area contributed by atoms with Gasteiger partial charge in [0, 0.05) is 5.56 Å². The SMILES string of the molecule is CCc1ccc(COc2ccc(C=O)cc2)cc1. The maximum absolute atomic E-state index is 10.5. The highest BCUT2D eigenvalue weighted by molar-refractivity contribution is 5.74. The largest absolute Gasteiger partial charge is 0.489 e. The minimum atomic E-state index is 0.546. The van der Waals surface area contributed by atoms with E-state index < -0.39 is 0 Å². The van der Waals surface area contributed by atoms with Crippen molar-refractivity contribution < 1.29 is 9.53 Å². The Labute approximate surface area is 107 Å².